The highest BCUT2D eigenvalue weighted by molar-refractivity contribution is 7.99. The Hall–Kier alpha value is -2.06. The fourth-order valence-electron chi connectivity index (χ4n) is 3.68. The van der Waals surface area contributed by atoms with E-state index in [1.807, 2.05) is 0 Å². The minimum Gasteiger partial charge on any atom is -0.348 e. The lowest BCUT2D eigenvalue weighted by atomic mass is 9.95. The zero-order valence-corrected chi connectivity index (χ0v) is 15.1. The van der Waals surface area contributed by atoms with Crippen molar-refractivity contribution in [3.05, 3.63) is 53.9 Å². The molecule has 0 saturated carbocycles. The number of carbonyl (C=O) groups is 1. The molecular formula is C19H18F3N3OS. The number of rotatable bonds is 4. The fourth-order valence-corrected chi connectivity index (χ4v) is 4.52. The average Bonchev–Trinajstić information content (AvgIpc) is 3.25. The highest BCUT2D eigenvalue weighted by atomic mass is 32.2. The molecule has 2 fully saturated rings. The summed E-state index contributed by atoms with van der Waals surface area (Å²) in [6.45, 7) is 0. The van der Waals surface area contributed by atoms with Crippen molar-refractivity contribution in [2.24, 2.45) is 0 Å². The number of hydrogen-bond acceptors (Lipinski definition) is 4. The first-order valence-corrected chi connectivity index (χ1v) is 9.58. The molecule has 2 saturated heterocycles. The van der Waals surface area contributed by atoms with Crippen LogP contribution >= 0.6 is 11.8 Å². The van der Waals surface area contributed by atoms with Crippen LogP contribution in [0.15, 0.2) is 52.4 Å². The molecule has 2 aliphatic heterocycles. The van der Waals surface area contributed by atoms with E-state index in [-0.39, 0.29) is 11.9 Å². The Balaban J connectivity index is 1.39. The van der Waals surface area contributed by atoms with E-state index in [9.17, 15) is 18.0 Å². The molecule has 2 aliphatic rings. The van der Waals surface area contributed by atoms with Gasteiger partial charge in [0.2, 0.25) is 0 Å². The lowest BCUT2D eigenvalue weighted by Crippen LogP contribution is -2.42. The van der Waals surface area contributed by atoms with Crippen molar-refractivity contribution in [2.75, 3.05) is 0 Å². The summed E-state index contributed by atoms with van der Waals surface area (Å²) in [6, 6.07) is 10.5. The smallest absolute Gasteiger partial charge is 0.348 e. The first-order valence-electron chi connectivity index (χ1n) is 8.76. The lowest BCUT2D eigenvalue weighted by molar-refractivity contribution is -0.141. The van der Waals surface area contributed by atoms with Gasteiger partial charge >= 0.3 is 6.18 Å². The molecule has 0 radical (unpaired) electrons. The van der Waals surface area contributed by atoms with Gasteiger partial charge in [0.15, 0.2) is 0 Å². The van der Waals surface area contributed by atoms with Gasteiger partial charge in [0.25, 0.3) is 5.91 Å². The summed E-state index contributed by atoms with van der Waals surface area (Å²) in [5.41, 5.74) is -0.365. The molecule has 8 heteroatoms. The fraction of sp³-hybridized carbons (Fsp3) is 0.368. The summed E-state index contributed by atoms with van der Waals surface area (Å²) in [5.74, 6) is -0.117. The summed E-state index contributed by atoms with van der Waals surface area (Å²) in [6.07, 6.45) is -0.0810. The number of aromatic nitrogens is 1. The van der Waals surface area contributed by atoms with Crippen molar-refractivity contribution in [3.63, 3.8) is 0 Å². The number of amides is 1. The van der Waals surface area contributed by atoms with Crippen molar-refractivity contribution < 1.29 is 18.0 Å². The standard InChI is InChI=1S/C19H18F3N3OS/c20-19(21,22)17-10-14(7-8-23-17)27-13-4-1-11(2-5-13)18(26)25-16-9-12-3-6-15(16)24-12/h1-2,4-5,7-8,10,12,15-16,24H,3,6,9H2,(H,25,26). The van der Waals surface area contributed by atoms with Crippen LogP contribution in [0.3, 0.4) is 0 Å². The molecule has 3 atom stereocenters. The predicted molar refractivity (Wildman–Crippen MR) is 95.6 cm³/mol. The molecule has 1 aromatic carbocycles. The second-order valence-corrected chi connectivity index (χ2v) is 8.01. The first-order chi connectivity index (χ1) is 12.9. The van der Waals surface area contributed by atoms with Crippen LogP contribution in [-0.4, -0.2) is 29.0 Å². The van der Waals surface area contributed by atoms with Crippen molar-refractivity contribution in [1.82, 2.24) is 15.6 Å². The van der Waals surface area contributed by atoms with Crippen LogP contribution in [0.1, 0.15) is 35.3 Å². The number of fused-ring (bicyclic) bond motifs is 2. The SMILES string of the molecule is O=C(NC1CC2CCC1N2)c1ccc(Sc2ccnc(C(F)(F)F)c2)cc1. The van der Waals surface area contributed by atoms with Gasteiger partial charge in [-0.05, 0) is 55.7 Å². The summed E-state index contributed by atoms with van der Waals surface area (Å²) >= 11 is 1.20. The number of halogens is 3. The summed E-state index contributed by atoms with van der Waals surface area (Å²) in [4.78, 5) is 17.0. The van der Waals surface area contributed by atoms with E-state index in [0.29, 0.717) is 22.5 Å². The third-order valence-electron chi connectivity index (χ3n) is 4.99. The molecule has 142 valence electrons. The first kappa shape index (κ1) is 18.3. The van der Waals surface area contributed by atoms with Crippen LogP contribution in [-0.2, 0) is 6.18 Å². The van der Waals surface area contributed by atoms with Gasteiger partial charge in [0.1, 0.15) is 5.69 Å². The van der Waals surface area contributed by atoms with Crippen molar-refractivity contribution in [2.45, 2.75) is 53.4 Å². The van der Waals surface area contributed by atoms with Gasteiger partial charge in [0.05, 0.1) is 0 Å². The van der Waals surface area contributed by atoms with Gasteiger partial charge in [-0.25, -0.2) is 0 Å². The number of nitrogens with one attached hydrogen (secondary N) is 2. The van der Waals surface area contributed by atoms with Crippen LogP contribution < -0.4 is 10.6 Å². The average molecular weight is 393 g/mol. The monoisotopic (exact) mass is 393 g/mol. The van der Waals surface area contributed by atoms with E-state index in [2.05, 4.69) is 15.6 Å². The molecule has 2 bridgehead atoms. The van der Waals surface area contributed by atoms with Gasteiger partial charge in [0, 0.05) is 39.7 Å². The minimum atomic E-state index is -4.47. The molecule has 3 unspecified atom stereocenters. The Bertz CT molecular complexity index is 841. The lowest BCUT2D eigenvalue weighted by Gasteiger charge is -2.21. The Morgan fingerprint density at radius 3 is 2.56 bits per heavy atom. The zero-order valence-electron chi connectivity index (χ0n) is 14.3. The molecule has 4 nitrogen and oxygen atoms in total. The Morgan fingerprint density at radius 1 is 1.15 bits per heavy atom. The molecule has 1 aromatic heterocycles. The number of alkyl halides is 3. The summed E-state index contributed by atoms with van der Waals surface area (Å²) in [7, 11) is 0. The molecule has 3 heterocycles. The van der Waals surface area contributed by atoms with Crippen LogP contribution in [0.5, 0.6) is 0 Å². The summed E-state index contributed by atoms with van der Waals surface area (Å²) < 4.78 is 38.3. The molecule has 0 aliphatic carbocycles. The van der Waals surface area contributed by atoms with E-state index in [1.54, 1.807) is 24.3 Å². The topological polar surface area (TPSA) is 54.0 Å². The van der Waals surface area contributed by atoms with Gasteiger partial charge in [-0.15, -0.1) is 0 Å². The number of hydrogen-bond donors (Lipinski definition) is 2. The molecule has 1 amide bonds. The van der Waals surface area contributed by atoms with E-state index in [1.165, 1.54) is 24.2 Å². The van der Waals surface area contributed by atoms with E-state index >= 15 is 0 Å². The van der Waals surface area contributed by atoms with E-state index < -0.39 is 11.9 Å². The second kappa shape index (κ2) is 7.16. The molecular weight excluding hydrogens is 375 g/mol. The zero-order chi connectivity index (χ0) is 19.0. The van der Waals surface area contributed by atoms with Gasteiger partial charge in [-0.2, -0.15) is 13.2 Å². The van der Waals surface area contributed by atoms with Crippen molar-refractivity contribution in [1.29, 1.82) is 0 Å². The maximum Gasteiger partial charge on any atom is 0.433 e. The van der Waals surface area contributed by atoms with Gasteiger partial charge in [-0.3, -0.25) is 9.78 Å². The second-order valence-electron chi connectivity index (χ2n) is 6.86. The molecule has 0 spiro atoms. The largest absolute Gasteiger partial charge is 0.433 e. The third-order valence-corrected chi connectivity index (χ3v) is 5.99. The maximum absolute atomic E-state index is 12.8. The predicted octanol–water partition coefficient (Wildman–Crippen LogP) is 3.87. The Labute approximate surface area is 158 Å². The van der Waals surface area contributed by atoms with Crippen LogP contribution in [0.4, 0.5) is 13.2 Å². The molecule has 27 heavy (non-hydrogen) atoms. The van der Waals surface area contributed by atoms with Gasteiger partial charge in [-0.1, -0.05) is 11.8 Å². The third kappa shape index (κ3) is 4.11. The highest BCUT2D eigenvalue weighted by Crippen LogP contribution is 2.33. The normalized spacial score (nSPS) is 24.2. The maximum atomic E-state index is 12.8. The number of benzene rings is 1. The van der Waals surface area contributed by atoms with Crippen molar-refractivity contribution in [3.8, 4) is 0 Å². The Kier molecular flexibility index (Phi) is 4.86. The van der Waals surface area contributed by atoms with Crippen LogP contribution in [0.2, 0.25) is 0 Å². The Morgan fingerprint density at radius 2 is 1.93 bits per heavy atom. The van der Waals surface area contributed by atoms with Crippen LogP contribution in [0.25, 0.3) is 0 Å². The highest BCUT2D eigenvalue weighted by Gasteiger charge is 2.39. The van der Waals surface area contributed by atoms with Crippen LogP contribution in [0, 0.1) is 0 Å². The van der Waals surface area contributed by atoms with E-state index in [4.69, 9.17) is 0 Å². The molecule has 2 N–H and O–H groups in total. The quantitative estimate of drug-likeness (QED) is 0.828. The van der Waals surface area contributed by atoms with Crippen molar-refractivity contribution >= 4 is 17.7 Å². The number of nitrogens with zero attached hydrogens (tertiary/aromatic N) is 1. The molecule has 4 rings (SSSR count). The number of pyridine rings is 1. The summed E-state index contributed by atoms with van der Waals surface area (Å²) in [5, 5.41) is 6.56. The minimum absolute atomic E-state index is 0.117. The number of carbonyl (C=O) groups excluding carboxylic acids is 1. The van der Waals surface area contributed by atoms with Gasteiger partial charge < -0.3 is 10.6 Å². The molecule has 2 aromatic rings. The van der Waals surface area contributed by atoms with E-state index in [0.717, 1.165) is 30.0 Å².